The first-order valence-corrected chi connectivity index (χ1v) is 11.4. The standard InChI is InChI=1S/C23H16Cl2N4OS2/c24-17-11-10-16(12-18(17)25)28-23(31)27-15-8-6-13(7-9-15)20-19(21(26)30)29-22(32-20)14-4-2-1-3-5-14/h1-12H,(H2,26,30)(H2,27,28,31). The number of hydrogen-bond acceptors (Lipinski definition) is 4. The van der Waals surface area contributed by atoms with Crippen molar-refractivity contribution in [3.63, 3.8) is 0 Å². The SMILES string of the molecule is NC(=O)c1nc(-c2ccccc2)sc1-c1ccc(NC(=S)Nc2ccc(Cl)c(Cl)c2)cc1. The summed E-state index contributed by atoms with van der Waals surface area (Å²) in [4.78, 5) is 17.2. The van der Waals surface area contributed by atoms with Crippen LogP contribution in [0.15, 0.2) is 72.8 Å². The zero-order valence-corrected chi connectivity index (χ0v) is 19.6. The Labute approximate surface area is 204 Å². The number of halogens is 2. The van der Waals surface area contributed by atoms with Crippen molar-refractivity contribution in [2.45, 2.75) is 0 Å². The van der Waals surface area contributed by atoms with E-state index in [9.17, 15) is 4.79 Å². The number of nitrogens with one attached hydrogen (secondary N) is 2. The summed E-state index contributed by atoms with van der Waals surface area (Å²) in [5, 5.41) is 8.22. The predicted molar refractivity (Wildman–Crippen MR) is 138 cm³/mol. The zero-order valence-electron chi connectivity index (χ0n) is 16.4. The third kappa shape index (κ3) is 5.08. The molecule has 0 saturated heterocycles. The molecule has 0 atom stereocenters. The Bertz CT molecular complexity index is 1290. The van der Waals surface area contributed by atoms with Crippen LogP contribution >= 0.6 is 46.8 Å². The van der Waals surface area contributed by atoms with Crippen LogP contribution in [-0.2, 0) is 0 Å². The average Bonchev–Trinajstić information content (AvgIpc) is 3.23. The molecule has 4 aromatic rings. The number of anilines is 2. The van der Waals surface area contributed by atoms with Crippen LogP contribution in [-0.4, -0.2) is 16.0 Å². The van der Waals surface area contributed by atoms with E-state index >= 15 is 0 Å². The van der Waals surface area contributed by atoms with Gasteiger partial charge in [-0.1, -0.05) is 65.7 Å². The van der Waals surface area contributed by atoms with Crippen molar-refractivity contribution < 1.29 is 4.79 Å². The van der Waals surface area contributed by atoms with E-state index in [1.54, 1.807) is 18.2 Å². The second kappa shape index (κ2) is 9.67. The summed E-state index contributed by atoms with van der Waals surface area (Å²) in [5.74, 6) is -0.562. The number of aromatic nitrogens is 1. The maximum atomic E-state index is 12.0. The van der Waals surface area contributed by atoms with Crippen LogP contribution in [0.4, 0.5) is 11.4 Å². The van der Waals surface area contributed by atoms with Crippen molar-refractivity contribution >= 4 is 69.2 Å². The minimum absolute atomic E-state index is 0.256. The van der Waals surface area contributed by atoms with E-state index < -0.39 is 5.91 Å². The van der Waals surface area contributed by atoms with Gasteiger partial charge in [0.1, 0.15) is 10.7 Å². The van der Waals surface area contributed by atoms with Gasteiger partial charge in [0, 0.05) is 16.9 Å². The molecule has 5 nitrogen and oxygen atoms in total. The lowest BCUT2D eigenvalue weighted by Crippen LogP contribution is -2.18. The fraction of sp³-hybridized carbons (Fsp3) is 0. The number of thiazole rings is 1. The minimum Gasteiger partial charge on any atom is -0.364 e. The van der Waals surface area contributed by atoms with Crippen molar-refractivity contribution in [2.75, 3.05) is 10.6 Å². The summed E-state index contributed by atoms with van der Waals surface area (Å²) in [6, 6.07) is 22.4. The maximum absolute atomic E-state index is 12.0. The molecule has 0 bridgehead atoms. The van der Waals surface area contributed by atoms with Crippen molar-refractivity contribution in [1.82, 2.24) is 4.98 Å². The molecule has 4 N–H and O–H groups in total. The molecule has 1 heterocycles. The number of carbonyl (C=O) groups is 1. The molecule has 3 aromatic carbocycles. The predicted octanol–water partition coefficient (Wildman–Crippen LogP) is 6.69. The lowest BCUT2D eigenvalue weighted by molar-refractivity contribution is 0.0997. The number of nitrogens with two attached hydrogens (primary N) is 1. The van der Waals surface area contributed by atoms with Gasteiger partial charge in [0.25, 0.3) is 5.91 Å². The van der Waals surface area contributed by atoms with Gasteiger partial charge in [-0.2, -0.15) is 0 Å². The molecule has 0 fully saturated rings. The van der Waals surface area contributed by atoms with Crippen molar-refractivity contribution in [2.24, 2.45) is 5.73 Å². The maximum Gasteiger partial charge on any atom is 0.268 e. The second-order valence-corrected chi connectivity index (χ2v) is 8.93. The number of rotatable bonds is 5. The first-order chi connectivity index (χ1) is 15.4. The van der Waals surface area contributed by atoms with Gasteiger partial charge in [0.15, 0.2) is 5.11 Å². The van der Waals surface area contributed by atoms with Gasteiger partial charge in [-0.25, -0.2) is 4.98 Å². The molecular weight excluding hydrogens is 483 g/mol. The summed E-state index contributed by atoms with van der Waals surface area (Å²) in [7, 11) is 0. The van der Waals surface area contributed by atoms with E-state index in [1.165, 1.54) is 11.3 Å². The van der Waals surface area contributed by atoms with Gasteiger partial charge in [0.05, 0.1) is 14.9 Å². The molecule has 1 aromatic heterocycles. The van der Waals surface area contributed by atoms with Crippen LogP contribution in [0.25, 0.3) is 21.0 Å². The summed E-state index contributed by atoms with van der Waals surface area (Å²) in [6.07, 6.45) is 0. The summed E-state index contributed by atoms with van der Waals surface area (Å²) < 4.78 is 0. The van der Waals surface area contributed by atoms with Gasteiger partial charge in [-0.05, 0) is 48.1 Å². The number of primary amides is 1. The Morgan fingerprint density at radius 1 is 0.875 bits per heavy atom. The van der Waals surface area contributed by atoms with Crippen molar-refractivity contribution in [1.29, 1.82) is 0 Å². The smallest absolute Gasteiger partial charge is 0.268 e. The van der Waals surface area contributed by atoms with Gasteiger partial charge in [-0.15, -0.1) is 11.3 Å². The summed E-state index contributed by atoms with van der Waals surface area (Å²) in [5.41, 5.74) is 9.11. The van der Waals surface area contributed by atoms with Crippen molar-refractivity contribution in [3.8, 4) is 21.0 Å². The Kier molecular flexibility index (Phi) is 6.72. The van der Waals surface area contributed by atoms with Crippen LogP contribution in [0.3, 0.4) is 0 Å². The molecule has 0 aliphatic heterocycles. The molecular formula is C23H16Cl2N4OS2. The molecule has 0 radical (unpaired) electrons. The highest BCUT2D eigenvalue weighted by Gasteiger charge is 2.18. The highest BCUT2D eigenvalue weighted by Crippen LogP contribution is 2.36. The molecule has 0 saturated carbocycles. The number of benzene rings is 3. The van der Waals surface area contributed by atoms with Gasteiger partial charge < -0.3 is 16.4 Å². The van der Waals surface area contributed by atoms with E-state index in [1.807, 2.05) is 54.6 Å². The number of carbonyl (C=O) groups excluding carboxylic acids is 1. The second-order valence-electron chi connectivity index (χ2n) is 6.71. The van der Waals surface area contributed by atoms with Crippen LogP contribution in [0.2, 0.25) is 10.0 Å². The summed E-state index contributed by atoms with van der Waals surface area (Å²) >= 11 is 18.8. The minimum atomic E-state index is -0.562. The highest BCUT2D eigenvalue weighted by atomic mass is 35.5. The molecule has 9 heteroatoms. The van der Waals surface area contributed by atoms with E-state index in [-0.39, 0.29) is 5.69 Å². The Hall–Kier alpha value is -2.97. The first kappa shape index (κ1) is 22.2. The topological polar surface area (TPSA) is 80.0 Å². The lowest BCUT2D eigenvalue weighted by Gasteiger charge is -2.11. The highest BCUT2D eigenvalue weighted by molar-refractivity contribution is 7.80. The molecule has 0 aliphatic carbocycles. The van der Waals surface area contributed by atoms with E-state index in [0.717, 1.165) is 32.4 Å². The Morgan fingerprint density at radius 3 is 2.19 bits per heavy atom. The number of hydrogen-bond donors (Lipinski definition) is 3. The Balaban J connectivity index is 1.52. The molecule has 160 valence electrons. The lowest BCUT2D eigenvalue weighted by atomic mass is 10.1. The molecule has 4 rings (SSSR count). The fourth-order valence-corrected chi connectivity index (χ4v) is 4.57. The van der Waals surface area contributed by atoms with Crippen molar-refractivity contribution in [3.05, 3.63) is 88.5 Å². The normalized spacial score (nSPS) is 10.6. The Morgan fingerprint density at radius 2 is 1.53 bits per heavy atom. The van der Waals surface area contributed by atoms with Gasteiger partial charge >= 0.3 is 0 Å². The number of nitrogens with zero attached hydrogens (tertiary/aromatic N) is 1. The zero-order chi connectivity index (χ0) is 22.7. The van der Waals surface area contributed by atoms with Gasteiger partial charge in [0.2, 0.25) is 0 Å². The van der Waals surface area contributed by atoms with Crippen LogP contribution in [0, 0.1) is 0 Å². The monoisotopic (exact) mass is 498 g/mol. The van der Waals surface area contributed by atoms with E-state index in [0.29, 0.717) is 15.2 Å². The van der Waals surface area contributed by atoms with Crippen LogP contribution in [0.5, 0.6) is 0 Å². The van der Waals surface area contributed by atoms with Gasteiger partial charge in [-0.3, -0.25) is 4.79 Å². The van der Waals surface area contributed by atoms with E-state index in [2.05, 4.69) is 15.6 Å². The molecule has 0 aliphatic rings. The third-order valence-corrected chi connectivity index (χ3v) is 6.56. The first-order valence-electron chi connectivity index (χ1n) is 9.40. The van der Waals surface area contributed by atoms with Crippen LogP contribution < -0.4 is 16.4 Å². The molecule has 0 spiro atoms. The van der Waals surface area contributed by atoms with Crippen LogP contribution in [0.1, 0.15) is 10.5 Å². The number of amides is 1. The summed E-state index contributed by atoms with van der Waals surface area (Å²) in [6.45, 7) is 0. The largest absolute Gasteiger partial charge is 0.364 e. The molecule has 32 heavy (non-hydrogen) atoms. The quantitative estimate of drug-likeness (QED) is 0.267. The fourth-order valence-electron chi connectivity index (χ4n) is 2.96. The molecule has 1 amide bonds. The van der Waals surface area contributed by atoms with E-state index in [4.69, 9.17) is 41.2 Å². The third-order valence-electron chi connectivity index (χ3n) is 4.46. The number of thiocarbonyl (C=S) groups is 1. The molecule has 0 unspecified atom stereocenters. The average molecular weight is 499 g/mol.